The summed E-state index contributed by atoms with van der Waals surface area (Å²) in [7, 11) is 1.54. The molecule has 2 aromatic rings. The van der Waals surface area contributed by atoms with Crippen LogP contribution in [0.3, 0.4) is 0 Å². The number of carbonyl (C=O) groups is 3. The molecule has 0 spiro atoms. The van der Waals surface area contributed by atoms with Crippen LogP contribution in [0.25, 0.3) is 0 Å². The quantitative estimate of drug-likeness (QED) is 0.390. The number of alkyl carbamates (subject to hydrolysis) is 1. The molecule has 0 aliphatic heterocycles. The van der Waals surface area contributed by atoms with E-state index >= 15 is 0 Å². The molecule has 0 aromatic heterocycles. The molecule has 210 valence electrons. The van der Waals surface area contributed by atoms with Gasteiger partial charge in [-0.05, 0) is 76.9 Å². The predicted octanol–water partition coefficient (Wildman–Crippen LogP) is 4.26. The van der Waals surface area contributed by atoms with E-state index in [-0.39, 0.29) is 0 Å². The Morgan fingerprint density at radius 3 is 2.18 bits per heavy atom. The van der Waals surface area contributed by atoms with Crippen molar-refractivity contribution in [2.24, 2.45) is 0 Å². The van der Waals surface area contributed by atoms with Crippen molar-refractivity contribution in [2.75, 3.05) is 19.0 Å². The molecule has 3 N–H and O–H groups in total. The van der Waals surface area contributed by atoms with E-state index < -0.39 is 47.7 Å². The first-order valence-electron chi connectivity index (χ1n) is 12.7. The van der Waals surface area contributed by atoms with Crippen molar-refractivity contribution in [3.8, 4) is 18.1 Å². The Morgan fingerprint density at radius 2 is 1.67 bits per heavy atom. The van der Waals surface area contributed by atoms with E-state index in [0.29, 0.717) is 29.0 Å². The van der Waals surface area contributed by atoms with Gasteiger partial charge in [0.15, 0.2) is 0 Å². The molecule has 0 saturated carbocycles. The Labute approximate surface area is 230 Å². The Kier molecular flexibility index (Phi) is 10.5. The second kappa shape index (κ2) is 13.2. The molecule has 2 rings (SSSR count). The molecule has 9 heteroatoms. The van der Waals surface area contributed by atoms with Crippen LogP contribution in [-0.4, -0.2) is 58.8 Å². The number of hydrogen-bond donors (Lipinski definition) is 3. The highest BCUT2D eigenvalue weighted by Gasteiger charge is 2.43. The Balaban J connectivity index is 2.63. The van der Waals surface area contributed by atoms with Gasteiger partial charge in [-0.25, -0.2) is 4.79 Å². The van der Waals surface area contributed by atoms with Gasteiger partial charge in [0.05, 0.1) is 13.7 Å². The van der Waals surface area contributed by atoms with Crippen LogP contribution in [0.5, 0.6) is 5.75 Å². The Bertz CT molecular complexity index is 1190. The lowest BCUT2D eigenvalue weighted by Crippen LogP contribution is -2.59. The van der Waals surface area contributed by atoms with Crippen molar-refractivity contribution in [2.45, 2.75) is 71.2 Å². The molecule has 0 saturated heterocycles. The lowest BCUT2D eigenvalue weighted by molar-refractivity contribution is -0.148. The first-order chi connectivity index (χ1) is 18.3. The summed E-state index contributed by atoms with van der Waals surface area (Å²) >= 11 is 0. The maximum Gasteiger partial charge on any atom is 0.408 e. The van der Waals surface area contributed by atoms with Gasteiger partial charge in [-0.2, -0.15) is 0 Å². The number of nitrogens with one attached hydrogen (secondary N) is 2. The Morgan fingerprint density at radius 1 is 1.05 bits per heavy atom. The average molecular weight is 538 g/mol. The number of benzene rings is 2. The minimum atomic E-state index is -1.38. The topological polar surface area (TPSA) is 117 Å². The van der Waals surface area contributed by atoms with Crippen molar-refractivity contribution < 1.29 is 29.0 Å². The second-order valence-electron chi connectivity index (χ2n) is 10.6. The number of nitrogens with zero attached hydrogens (tertiary/aromatic N) is 1. The highest BCUT2D eigenvalue weighted by Crippen LogP contribution is 2.34. The van der Waals surface area contributed by atoms with Crippen molar-refractivity contribution in [1.82, 2.24) is 10.2 Å². The molecular weight excluding hydrogens is 498 g/mol. The summed E-state index contributed by atoms with van der Waals surface area (Å²) in [6.45, 7) is 9.83. The molecule has 0 aliphatic carbocycles. The number of methoxy groups -OCH3 is 1. The number of rotatable bonds is 10. The summed E-state index contributed by atoms with van der Waals surface area (Å²) in [5.74, 6) is 2.03. The van der Waals surface area contributed by atoms with Crippen LogP contribution in [0.4, 0.5) is 10.5 Å². The van der Waals surface area contributed by atoms with Gasteiger partial charge in [0.25, 0.3) is 5.91 Å². The molecule has 2 atom stereocenters. The zero-order valence-corrected chi connectivity index (χ0v) is 23.7. The van der Waals surface area contributed by atoms with E-state index in [1.807, 2.05) is 6.92 Å². The summed E-state index contributed by atoms with van der Waals surface area (Å²) in [6, 6.07) is 11.0. The highest BCUT2D eigenvalue weighted by molar-refractivity contribution is 5.99. The molecular formula is C30H39N3O6. The van der Waals surface area contributed by atoms with E-state index in [1.165, 1.54) is 4.90 Å². The molecule has 39 heavy (non-hydrogen) atoms. The van der Waals surface area contributed by atoms with E-state index in [0.717, 1.165) is 0 Å². The third-order valence-electron chi connectivity index (χ3n) is 6.20. The lowest BCUT2D eigenvalue weighted by Gasteiger charge is -2.44. The van der Waals surface area contributed by atoms with E-state index in [4.69, 9.17) is 15.9 Å². The van der Waals surface area contributed by atoms with Crippen molar-refractivity contribution in [3.05, 3.63) is 59.7 Å². The summed E-state index contributed by atoms with van der Waals surface area (Å²) in [4.78, 5) is 42.0. The Hall–Kier alpha value is -4.03. The monoisotopic (exact) mass is 537 g/mol. The molecule has 0 bridgehead atoms. The van der Waals surface area contributed by atoms with E-state index in [9.17, 15) is 19.5 Å². The minimum Gasteiger partial charge on any atom is -0.497 e. The zero-order valence-electron chi connectivity index (χ0n) is 23.7. The standard InChI is InChI=1S/C30H39N3O6/c1-9-20-13-11-12-14-23(20)25(26(35)31-21-15-17-22(38-8)18-16-21)33(30(6,7)10-2)27(36)24(19-34)32-28(37)39-29(3,4)5/h1,11-18,24-25,34H,10,19H2,2-8H3,(H,31,35)(H,32,37). The molecule has 0 heterocycles. The van der Waals surface area contributed by atoms with Crippen LogP contribution >= 0.6 is 0 Å². The number of anilines is 1. The smallest absolute Gasteiger partial charge is 0.408 e. The SMILES string of the molecule is C#Cc1ccccc1C(C(=O)Nc1ccc(OC)cc1)N(C(=O)C(CO)NC(=O)OC(C)(C)C)C(C)(C)CC. The molecule has 2 aromatic carbocycles. The van der Waals surface area contributed by atoms with Crippen LogP contribution in [0.1, 0.15) is 65.1 Å². The maximum absolute atomic E-state index is 14.1. The fourth-order valence-corrected chi connectivity index (χ4v) is 3.90. The molecule has 2 unspecified atom stereocenters. The van der Waals surface area contributed by atoms with Crippen LogP contribution in [0, 0.1) is 12.3 Å². The second-order valence-corrected chi connectivity index (χ2v) is 10.6. The molecule has 9 nitrogen and oxygen atoms in total. The first kappa shape index (κ1) is 31.2. The van der Waals surface area contributed by atoms with Crippen molar-refractivity contribution >= 4 is 23.6 Å². The van der Waals surface area contributed by atoms with E-state index in [1.54, 1.807) is 90.3 Å². The number of hydrogen-bond acceptors (Lipinski definition) is 6. The van der Waals surface area contributed by atoms with Crippen molar-refractivity contribution in [3.63, 3.8) is 0 Å². The van der Waals surface area contributed by atoms with Gasteiger partial charge in [0.2, 0.25) is 5.91 Å². The highest BCUT2D eigenvalue weighted by atomic mass is 16.6. The van der Waals surface area contributed by atoms with Gasteiger partial charge in [-0.1, -0.05) is 31.0 Å². The van der Waals surface area contributed by atoms with Gasteiger partial charge in [-0.15, -0.1) is 6.42 Å². The number of amides is 3. The third kappa shape index (κ3) is 8.23. The summed E-state index contributed by atoms with van der Waals surface area (Å²) in [5.41, 5.74) is -0.380. The minimum absolute atomic E-state index is 0.426. The summed E-state index contributed by atoms with van der Waals surface area (Å²) < 4.78 is 10.5. The average Bonchev–Trinajstić information content (AvgIpc) is 2.89. The summed E-state index contributed by atoms with van der Waals surface area (Å²) in [5, 5.41) is 15.5. The van der Waals surface area contributed by atoms with Crippen LogP contribution in [0.15, 0.2) is 48.5 Å². The van der Waals surface area contributed by atoms with Gasteiger partial charge in [0, 0.05) is 16.8 Å². The molecule has 3 amide bonds. The van der Waals surface area contributed by atoms with Crippen LogP contribution < -0.4 is 15.4 Å². The third-order valence-corrected chi connectivity index (χ3v) is 6.20. The number of aliphatic hydroxyl groups is 1. The lowest BCUT2D eigenvalue weighted by atomic mass is 9.90. The largest absolute Gasteiger partial charge is 0.497 e. The normalized spacial score (nSPS) is 12.9. The number of terminal acetylenes is 1. The fraction of sp³-hybridized carbons (Fsp3) is 0.433. The molecule has 0 radical (unpaired) electrons. The zero-order chi connectivity index (χ0) is 29.4. The van der Waals surface area contributed by atoms with E-state index in [2.05, 4.69) is 16.6 Å². The number of aliphatic hydroxyl groups excluding tert-OH is 1. The van der Waals surface area contributed by atoms with Gasteiger partial charge in [0.1, 0.15) is 23.4 Å². The van der Waals surface area contributed by atoms with Gasteiger partial charge < -0.3 is 30.1 Å². The predicted molar refractivity (Wildman–Crippen MR) is 150 cm³/mol. The summed E-state index contributed by atoms with van der Waals surface area (Å²) in [6.07, 6.45) is 5.37. The van der Waals surface area contributed by atoms with Crippen LogP contribution in [0.2, 0.25) is 0 Å². The van der Waals surface area contributed by atoms with Gasteiger partial charge in [-0.3, -0.25) is 9.59 Å². The fourth-order valence-electron chi connectivity index (χ4n) is 3.90. The van der Waals surface area contributed by atoms with Crippen LogP contribution in [-0.2, 0) is 14.3 Å². The number of ether oxygens (including phenoxy) is 2. The molecule has 0 aliphatic rings. The number of carbonyl (C=O) groups excluding carboxylic acids is 3. The first-order valence-corrected chi connectivity index (χ1v) is 12.7. The van der Waals surface area contributed by atoms with Crippen molar-refractivity contribution in [1.29, 1.82) is 0 Å². The maximum atomic E-state index is 14.1. The molecule has 0 fully saturated rings. The van der Waals surface area contributed by atoms with Gasteiger partial charge >= 0.3 is 6.09 Å².